The van der Waals surface area contributed by atoms with E-state index in [-0.39, 0.29) is 35.8 Å². The molecule has 3 amide bonds. The topological polar surface area (TPSA) is 104 Å². The fourth-order valence-electron chi connectivity index (χ4n) is 4.42. The highest BCUT2D eigenvalue weighted by molar-refractivity contribution is 7.99. The average Bonchev–Trinajstić information content (AvgIpc) is 3.11. The number of fused-ring (bicyclic) bond motifs is 2. The van der Waals surface area contributed by atoms with Crippen molar-refractivity contribution in [2.45, 2.75) is 60.4 Å². The zero-order chi connectivity index (χ0) is 20.6. The number of sulfone groups is 1. The van der Waals surface area contributed by atoms with Crippen molar-refractivity contribution >= 4 is 45.1 Å². The van der Waals surface area contributed by atoms with Crippen molar-refractivity contribution in [2.24, 2.45) is 0 Å². The fraction of sp³-hybridized carbons (Fsp3) is 0.579. The standard InChI is InChI=1S/C19H24ClN3O4S2/c20-11-5-6-15-12(9-11)13(7-8-28-15)21-17(24)4-2-1-3-16-18-14(10-29(16,26)27)22-19(25)23-18/h5-6,9,13-14,16,18H,1-4,7-8,10H2,(H,21,24)(H2,22,23,25)/t13-,14+,16+,18+/m0/s1. The summed E-state index contributed by atoms with van der Waals surface area (Å²) in [5.41, 5.74) is 1.06. The molecule has 0 unspecified atom stereocenters. The summed E-state index contributed by atoms with van der Waals surface area (Å²) in [5.74, 6) is 0.904. The van der Waals surface area contributed by atoms with Gasteiger partial charge in [0.05, 0.1) is 29.1 Å². The molecule has 3 N–H and O–H groups in total. The molecule has 0 aliphatic carbocycles. The van der Waals surface area contributed by atoms with Crippen LogP contribution in [0.15, 0.2) is 23.1 Å². The van der Waals surface area contributed by atoms with Crippen molar-refractivity contribution in [2.75, 3.05) is 11.5 Å². The zero-order valence-electron chi connectivity index (χ0n) is 15.8. The summed E-state index contributed by atoms with van der Waals surface area (Å²) in [6.07, 6.45) is 2.90. The lowest BCUT2D eigenvalue weighted by Gasteiger charge is -2.26. The van der Waals surface area contributed by atoms with Crippen LogP contribution in [0.1, 0.15) is 43.7 Å². The van der Waals surface area contributed by atoms with Gasteiger partial charge in [-0.2, -0.15) is 0 Å². The summed E-state index contributed by atoms with van der Waals surface area (Å²) < 4.78 is 24.7. The van der Waals surface area contributed by atoms with Gasteiger partial charge in [0.25, 0.3) is 0 Å². The highest BCUT2D eigenvalue weighted by Gasteiger charge is 2.51. The summed E-state index contributed by atoms with van der Waals surface area (Å²) in [7, 11) is -3.22. The summed E-state index contributed by atoms with van der Waals surface area (Å²) in [4.78, 5) is 25.0. The molecule has 3 aliphatic heterocycles. The lowest BCUT2D eigenvalue weighted by Crippen LogP contribution is -2.39. The van der Waals surface area contributed by atoms with Crippen molar-refractivity contribution in [3.05, 3.63) is 28.8 Å². The van der Waals surface area contributed by atoms with Crippen molar-refractivity contribution in [1.29, 1.82) is 0 Å². The van der Waals surface area contributed by atoms with Crippen LogP contribution in [0.4, 0.5) is 4.79 Å². The van der Waals surface area contributed by atoms with Gasteiger partial charge in [0.15, 0.2) is 9.84 Å². The number of hydrogen-bond donors (Lipinski definition) is 3. The van der Waals surface area contributed by atoms with Crippen molar-refractivity contribution in [3.8, 4) is 0 Å². The molecule has 0 aromatic heterocycles. The molecular formula is C19H24ClN3O4S2. The second-order valence-corrected chi connectivity index (χ2v) is 11.6. The van der Waals surface area contributed by atoms with Crippen molar-refractivity contribution in [3.63, 3.8) is 0 Å². The Bertz CT molecular complexity index is 924. The Balaban J connectivity index is 1.26. The first kappa shape index (κ1) is 20.8. The molecule has 1 aromatic rings. The van der Waals surface area contributed by atoms with Gasteiger partial charge in [0.1, 0.15) is 0 Å². The highest BCUT2D eigenvalue weighted by atomic mass is 35.5. The van der Waals surface area contributed by atoms with Crippen LogP contribution in [0, 0.1) is 0 Å². The van der Waals surface area contributed by atoms with E-state index < -0.39 is 15.1 Å². The minimum atomic E-state index is -3.22. The van der Waals surface area contributed by atoms with Gasteiger partial charge in [0.2, 0.25) is 5.91 Å². The lowest BCUT2D eigenvalue weighted by molar-refractivity contribution is -0.122. The number of amides is 3. The van der Waals surface area contributed by atoms with Crippen molar-refractivity contribution in [1.82, 2.24) is 16.0 Å². The summed E-state index contributed by atoms with van der Waals surface area (Å²) >= 11 is 7.88. The third kappa shape index (κ3) is 4.51. The Hall–Kier alpha value is -1.45. The van der Waals surface area contributed by atoms with Gasteiger partial charge in [0, 0.05) is 22.1 Å². The van der Waals surface area contributed by atoms with Crippen molar-refractivity contribution < 1.29 is 18.0 Å². The second-order valence-electron chi connectivity index (χ2n) is 7.80. The van der Waals surface area contributed by atoms with E-state index in [4.69, 9.17) is 11.6 Å². The maximum absolute atomic E-state index is 12.4. The molecule has 0 spiro atoms. The van der Waals surface area contributed by atoms with E-state index in [9.17, 15) is 18.0 Å². The van der Waals surface area contributed by atoms with Crippen LogP contribution in [0.5, 0.6) is 0 Å². The molecule has 1 aromatic carbocycles. The Kier molecular flexibility index (Phi) is 5.99. The molecular weight excluding hydrogens is 434 g/mol. The normalized spacial score (nSPS) is 29.5. The zero-order valence-corrected chi connectivity index (χ0v) is 18.2. The number of rotatable bonds is 6. The quantitative estimate of drug-likeness (QED) is 0.449. The summed E-state index contributed by atoms with van der Waals surface area (Å²) in [6.45, 7) is 0. The van der Waals surface area contributed by atoms with Crippen LogP contribution in [0.2, 0.25) is 5.02 Å². The molecule has 2 fully saturated rings. The van der Waals surface area contributed by atoms with Crippen LogP contribution >= 0.6 is 23.4 Å². The van der Waals surface area contributed by atoms with Crippen LogP contribution < -0.4 is 16.0 Å². The van der Waals surface area contributed by atoms with E-state index in [0.717, 1.165) is 22.6 Å². The van der Waals surface area contributed by atoms with E-state index in [1.165, 1.54) is 0 Å². The minimum absolute atomic E-state index is 0.0107. The number of hydrogen-bond acceptors (Lipinski definition) is 5. The van der Waals surface area contributed by atoms with Gasteiger partial charge >= 0.3 is 6.03 Å². The molecule has 2 saturated heterocycles. The Morgan fingerprint density at radius 2 is 2.10 bits per heavy atom. The van der Waals surface area contributed by atoms with Crippen LogP contribution in [-0.4, -0.2) is 49.2 Å². The number of urea groups is 1. The van der Waals surface area contributed by atoms with Gasteiger partial charge in [-0.05, 0) is 43.0 Å². The molecule has 29 heavy (non-hydrogen) atoms. The Morgan fingerprint density at radius 1 is 1.28 bits per heavy atom. The number of halogens is 1. The smallest absolute Gasteiger partial charge is 0.315 e. The molecule has 7 nitrogen and oxygen atoms in total. The minimum Gasteiger partial charge on any atom is -0.349 e. The van der Waals surface area contributed by atoms with E-state index in [1.54, 1.807) is 11.8 Å². The molecule has 10 heteroatoms. The predicted octanol–water partition coefficient (Wildman–Crippen LogP) is 2.40. The van der Waals surface area contributed by atoms with Gasteiger partial charge in [-0.15, -0.1) is 11.8 Å². The molecule has 4 rings (SSSR count). The lowest BCUT2D eigenvalue weighted by atomic mass is 10.0. The summed E-state index contributed by atoms with van der Waals surface area (Å²) in [5, 5.41) is 8.57. The fourth-order valence-corrected chi connectivity index (χ4v) is 7.97. The molecule has 4 atom stereocenters. The van der Waals surface area contributed by atoms with E-state index in [0.29, 0.717) is 30.7 Å². The first-order valence-corrected chi connectivity index (χ1v) is 12.9. The highest BCUT2D eigenvalue weighted by Crippen LogP contribution is 2.37. The molecule has 0 saturated carbocycles. The second kappa shape index (κ2) is 8.35. The van der Waals surface area contributed by atoms with E-state index >= 15 is 0 Å². The Morgan fingerprint density at radius 3 is 2.93 bits per heavy atom. The number of unbranched alkanes of at least 4 members (excludes halogenated alkanes) is 1. The number of nitrogens with one attached hydrogen (secondary N) is 3. The van der Waals surface area contributed by atoms with Gasteiger partial charge in [-0.25, -0.2) is 13.2 Å². The Labute approximate surface area is 179 Å². The monoisotopic (exact) mass is 457 g/mol. The average molecular weight is 458 g/mol. The summed E-state index contributed by atoms with van der Waals surface area (Å²) in [6, 6.07) is 4.74. The third-order valence-corrected chi connectivity index (χ3v) is 9.44. The van der Waals surface area contributed by atoms with Crippen LogP contribution in [-0.2, 0) is 14.6 Å². The first-order chi connectivity index (χ1) is 13.8. The van der Waals surface area contributed by atoms with Gasteiger partial charge in [-0.3, -0.25) is 4.79 Å². The predicted molar refractivity (Wildman–Crippen MR) is 113 cm³/mol. The maximum Gasteiger partial charge on any atom is 0.315 e. The molecule has 0 radical (unpaired) electrons. The first-order valence-electron chi connectivity index (χ1n) is 9.84. The van der Waals surface area contributed by atoms with Gasteiger partial charge in [-0.1, -0.05) is 18.0 Å². The molecule has 158 valence electrons. The maximum atomic E-state index is 12.4. The molecule has 3 heterocycles. The number of benzene rings is 1. The van der Waals surface area contributed by atoms with E-state index in [2.05, 4.69) is 16.0 Å². The van der Waals surface area contributed by atoms with Gasteiger partial charge < -0.3 is 16.0 Å². The van der Waals surface area contributed by atoms with Crippen LogP contribution in [0.25, 0.3) is 0 Å². The SMILES string of the molecule is O=C(CCCC[C@@H]1[C@@H]2NC(=O)N[C@@H]2CS1(=O)=O)N[C@H]1CCSc2ccc(Cl)cc21. The third-order valence-electron chi connectivity index (χ3n) is 5.81. The van der Waals surface area contributed by atoms with Crippen LogP contribution in [0.3, 0.4) is 0 Å². The number of carbonyl (C=O) groups excluding carboxylic acids is 2. The number of thioether (sulfide) groups is 1. The number of carbonyl (C=O) groups is 2. The largest absolute Gasteiger partial charge is 0.349 e. The van der Waals surface area contributed by atoms with E-state index in [1.807, 2.05) is 18.2 Å². The molecule has 3 aliphatic rings. The molecule has 0 bridgehead atoms.